The molecule has 4 rings (SSSR count). The summed E-state index contributed by atoms with van der Waals surface area (Å²) < 4.78 is 5.84. The number of hydrogen-bond acceptors (Lipinski definition) is 2. The fraction of sp³-hybridized carbons (Fsp3) is 0.261. The Hall–Kier alpha value is -2.32. The summed E-state index contributed by atoms with van der Waals surface area (Å²) in [6, 6.07) is 21.9. The lowest BCUT2D eigenvalue weighted by Crippen LogP contribution is -2.34. The van der Waals surface area contributed by atoms with Crippen LogP contribution in [0.1, 0.15) is 36.8 Å². The van der Waals surface area contributed by atoms with E-state index in [0.29, 0.717) is 11.6 Å². The molecule has 26 heavy (non-hydrogen) atoms. The zero-order chi connectivity index (χ0) is 18.0. The second kappa shape index (κ2) is 7.13. The molecule has 1 fully saturated rings. The summed E-state index contributed by atoms with van der Waals surface area (Å²) in [5, 5.41) is 2.98. The Kier molecular flexibility index (Phi) is 4.69. The first-order chi connectivity index (χ1) is 12.7. The van der Waals surface area contributed by atoms with E-state index in [9.17, 15) is 4.79 Å². The van der Waals surface area contributed by atoms with E-state index in [-0.39, 0.29) is 5.97 Å². The van der Waals surface area contributed by atoms with Gasteiger partial charge in [0.25, 0.3) is 0 Å². The van der Waals surface area contributed by atoms with Crippen LogP contribution in [0.5, 0.6) is 0 Å². The van der Waals surface area contributed by atoms with Crippen LogP contribution < -0.4 is 0 Å². The molecule has 0 unspecified atom stereocenters. The van der Waals surface area contributed by atoms with Gasteiger partial charge in [-0.1, -0.05) is 79.0 Å². The van der Waals surface area contributed by atoms with Crippen molar-refractivity contribution in [2.75, 3.05) is 0 Å². The first kappa shape index (κ1) is 17.1. The van der Waals surface area contributed by atoms with Gasteiger partial charge in [0.2, 0.25) is 0 Å². The summed E-state index contributed by atoms with van der Waals surface area (Å²) in [4.78, 5) is 13.1. The minimum Gasteiger partial charge on any atom is -0.460 e. The summed E-state index contributed by atoms with van der Waals surface area (Å²) in [5.41, 5.74) is 1.53. The molecule has 0 heterocycles. The van der Waals surface area contributed by atoms with Gasteiger partial charge in [0, 0.05) is 5.02 Å². The van der Waals surface area contributed by atoms with Gasteiger partial charge in [0.15, 0.2) is 0 Å². The van der Waals surface area contributed by atoms with Gasteiger partial charge in [0.05, 0.1) is 5.41 Å². The monoisotopic (exact) mass is 364 g/mol. The molecular weight excluding hydrogens is 344 g/mol. The Morgan fingerprint density at radius 2 is 1.62 bits per heavy atom. The molecule has 0 N–H and O–H groups in total. The quantitative estimate of drug-likeness (QED) is 0.527. The molecule has 3 aromatic carbocycles. The molecule has 3 aromatic rings. The van der Waals surface area contributed by atoms with Crippen molar-refractivity contribution in [1.29, 1.82) is 0 Å². The predicted octanol–water partition coefficient (Wildman–Crippen LogP) is 6.05. The SMILES string of the molecule is O=C(OCc1cccc2ccccc12)C1(c2ccc(Cl)cc2)CCCC1. The highest BCUT2D eigenvalue weighted by Crippen LogP contribution is 2.42. The molecule has 0 radical (unpaired) electrons. The lowest BCUT2D eigenvalue weighted by Gasteiger charge is -2.27. The minimum atomic E-state index is -0.533. The van der Waals surface area contributed by atoms with Crippen LogP contribution in [0.2, 0.25) is 5.02 Å². The highest BCUT2D eigenvalue weighted by molar-refractivity contribution is 6.30. The molecule has 2 nitrogen and oxygen atoms in total. The van der Waals surface area contributed by atoms with Crippen molar-refractivity contribution in [3.63, 3.8) is 0 Å². The molecule has 132 valence electrons. The summed E-state index contributed by atoms with van der Waals surface area (Å²) in [7, 11) is 0. The number of ether oxygens (including phenoxy) is 1. The third-order valence-corrected chi connectivity index (χ3v) is 5.74. The van der Waals surface area contributed by atoms with E-state index in [1.807, 2.05) is 48.5 Å². The average molecular weight is 365 g/mol. The fourth-order valence-corrected chi connectivity index (χ4v) is 4.18. The number of rotatable bonds is 4. The van der Waals surface area contributed by atoms with Crippen LogP contribution in [-0.2, 0) is 21.6 Å². The maximum atomic E-state index is 13.1. The Morgan fingerprint density at radius 1 is 0.923 bits per heavy atom. The zero-order valence-electron chi connectivity index (χ0n) is 14.6. The van der Waals surface area contributed by atoms with Crippen molar-refractivity contribution >= 4 is 28.3 Å². The molecule has 1 aliphatic rings. The van der Waals surface area contributed by atoms with E-state index in [4.69, 9.17) is 16.3 Å². The van der Waals surface area contributed by atoms with Gasteiger partial charge in [-0.3, -0.25) is 4.79 Å². The van der Waals surface area contributed by atoms with Crippen molar-refractivity contribution in [2.24, 2.45) is 0 Å². The molecule has 0 aliphatic heterocycles. The second-order valence-electron chi connectivity index (χ2n) is 7.01. The average Bonchev–Trinajstić information content (AvgIpc) is 3.18. The third-order valence-electron chi connectivity index (χ3n) is 5.48. The van der Waals surface area contributed by atoms with Crippen molar-refractivity contribution in [3.05, 3.63) is 82.9 Å². The molecule has 1 saturated carbocycles. The molecule has 0 spiro atoms. The van der Waals surface area contributed by atoms with E-state index in [0.717, 1.165) is 47.6 Å². The number of benzene rings is 3. The molecular formula is C23H21ClO2. The van der Waals surface area contributed by atoms with E-state index in [2.05, 4.69) is 18.2 Å². The number of carbonyl (C=O) groups is 1. The smallest absolute Gasteiger partial charge is 0.316 e. The first-order valence-corrected chi connectivity index (χ1v) is 9.47. The Morgan fingerprint density at radius 3 is 2.38 bits per heavy atom. The maximum absolute atomic E-state index is 13.1. The summed E-state index contributed by atoms with van der Waals surface area (Å²) in [6.07, 6.45) is 3.77. The Labute approximate surface area is 158 Å². The molecule has 1 aliphatic carbocycles. The van der Waals surface area contributed by atoms with Crippen LogP contribution in [0.3, 0.4) is 0 Å². The summed E-state index contributed by atoms with van der Waals surface area (Å²) in [6.45, 7) is 0.301. The zero-order valence-corrected chi connectivity index (χ0v) is 15.3. The van der Waals surface area contributed by atoms with Crippen LogP contribution in [-0.4, -0.2) is 5.97 Å². The molecule has 0 saturated heterocycles. The highest BCUT2D eigenvalue weighted by atomic mass is 35.5. The summed E-state index contributed by atoms with van der Waals surface area (Å²) in [5.74, 6) is -0.120. The lowest BCUT2D eigenvalue weighted by molar-refractivity contribution is -0.152. The van der Waals surface area contributed by atoms with Gasteiger partial charge < -0.3 is 4.74 Å². The molecule has 0 amide bonds. The van der Waals surface area contributed by atoms with E-state index < -0.39 is 5.41 Å². The van der Waals surface area contributed by atoms with Crippen molar-refractivity contribution < 1.29 is 9.53 Å². The third kappa shape index (κ3) is 3.10. The largest absolute Gasteiger partial charge is 0.460 e. The van der Waals surface area contributed by atoms with E-state index in [1.54, 1.807) is 0 Å². The standard InChI is InChI=1S/C23H21ClO2/c24-20-12-10-19(11-13-20)23(14-3-4-15-23)22(25)26-16-18-8-5-7-17-6-1-2-9-21(17)18/h1-2,5-13H,3-4,14-16H2. The van der Waals surface area contributed by atoms with Crippen molar-refractivity contribution in [2.45, 2.75) is 37.7 Å². The van der Waals surface area contributed by atoms with Crippen LogP contribution in [0.25, 0.3) is 10.8 Å². The van der Waals surface area contributed by atoms with Crippen molar-refractivity contribution in [1.82, 2.24) is 0 Å². The minimum absolute atomic E-state index is 0.120. The van der Waals surface area contributed by atoms with Crippen LogP contribution in [0.15, 0.2) is 66.7 Å². The normalized spacial score (nSPS) is 15.9. The van der Waals surface area contributed by atoms with E-state index >= 15 is 0 Å². The number of hydrogen-bond donors (Lipinski definition) is 0. The van der Waals surface area contributed by atoms with Gasteiger partial charge in [0.1, 0.15) is 6.61 Å². The predicted molar refractivity (Wildman–Crippen MR) is 105 cm³/mol. The molecule has 0 atom stereocenters. The molecule has 3 heteroatoms. The number of halogens is 1. The lowest BCUT2D eigenvalue weighted by atomic mass is 9.79. The first-order valence-electron chi connectivity index (χ1n) is 9.09. The van der Waals surface area contributed by atoms with Crippen LogP contribution in [0, 0.1) is 0 Å². The number of fused-ring (bicyclic) bond motifs is 1. The maximum Gasteiger partial charge on any atom is 0.316 e. The van der Waals surface area contributed by atoms with Gasteiger partial charge in [-0.15, -0.1) is 0 Å². The van der Waals surface area contributed by atoms with Gasteiger partial charge >= 0.3 is 5.97 Å². The van der Waals surface area contributed by atoms with Gasteiger partial charge in [-0.25, -0.2) is 0 Å². The molecule has 0 bridgehead atoms. The van der Waals surface area contributed by atoms with Crippen LogP contribution in [0.4, 0.5) is 0 Å². The van der Waals surface area contributed by atoms with Gasteiger partial charge in [-0.05, 0) is 46.9 Å². The Bertz CT molecular complexity index is 919. The topological polar surface area (TPSA) is 26.3 Å². The highest BCUT2D eigenvalue weighted by Gasteiger charge is 2.44. The van der Waals surface area contributed by atoms with E-state index in [1.165, 1.54) is 0 Å². The van der Waals surface area contributed by atoms with Gasteiger partial charge in [-0.2, -0.15) is 0 Å². The number of carbonyl (C=O) groups excluding carboxylic acids is 1. The van der Waals surface area contributed by atoms with Crippen molar-refractivity contribution in [3.8, 4) is 0 Å². The Balaban J connectivity index is 1.58. The molecule has 0 aromatic heterocycles. The number of esters is 1. The summed E-state index contributed by atoms with van der Waals surface area (Å²) >= 11 is 6.02. The fourth-order valence-electron chi connectivity index (χ4n) is 4.06. The van der Waals surface area contributed by atoms with Crippen LogP contribution >= 0.6 is 11.6 Å². The second-order valence-corrected chi connectivity index (χ2v) is 7.45.